The normalized spacial score (nSPS) is 12.3. The van der Waals surface area contributed by atoms with Crippen LogP contribution in [0.5, 0.6) is 5.75 Å². The Labute approximate surface area is 89.1 Å². The lowest BCUT2D eigenvalue weighted by Crippen LogP contribution is -2.42. The van der Waals surface area contributed by atoms with Gasteiger partial charge in [-0.15, -0.1) is 0 Å². The highest BCUT2D eigenvalue weighted by Gasteiger charge is 2.13. The molecular formula is C11H16N2O2. The number of carbonyl (C=O) groups excluding carboxylic acids is 1. The summed E-state index contributed by atoms with van der Waals surface area (Å²) < 4.78 is 0. The second-order valence-corrected chi connectivity index (χ2v) is 3.38. The number of phenolic OH excluding ortho intramolecular Hbond substituents is 1. The van der Waals surface area contributed by atoms with E-state index in [9.17, 15) is 4.79 Å². The lowest BCUT2D eigenvalue weighted by atomic mass is 10.1. The molecule has 0 heterocycles. The molecule has 0 saturated carbocycles. The summed E-state index contributed by atoms with van der Waals surface area (Å²) >= 11 is 0. The average molecular weight is 208 g/mol. The highest BCUT2D eigenvalue weighted by Crippen LogP contribution is 2.11. The first kappa shape index (κ1) is 11.5. The van der Waals surface area contributed by atoms with Gasteiger partial charge in [0.05, 0.1) is 6.04 Å². The maximum Gasteiger partial charge on any atom is 0.234 e. The molecule has 0 radical (unpaired) electrons. The van der Waals surface area contributed by atoms with Crippen LogP contribution in [-0.4, -0.2) is 23.6 Å². The van der Waals surface area contributed by atoms with E-state index in [1.54, 1.807) is 24.3 Å². The fourth-order valence-electron chi connectivity index (χ4n) is 1.39. The third-order valence-corrected chi connectivity index (χ3v) is 2.17. The molecule has 0 aliphatic heterocycles. The third-order valence-electron chi connectivity index (χ3n) is 2.17. The molecule has 0 spiro atoms. The van der Waals surface area contributed by atoms with Crippen LogP contribution in [0.4, 0.5) is 0 Å². The molecule has 1 aromatic carbocycles. The molecule has 0 fully saturated rings. The van der Waals surface area contributed by atoms with E-state index in [2.05, 4.69) is 5.32 Å². The summed E-state index contributed by atoms with van der Waals surface area (Å²) in [5.74, 6) is -0.136. The molecule has 1 aromatic rings. The fraction of sp³-hybridized carbons (Fsp3) is 0.364. The van der Waals surface area contributed by atoms with Crippen molar-refractivity contribution in [2.45, 2.75) is 19.4 Å². The minimum atomic E-state index is -0.357. The molecule has 0 saturated heterocycles. The zero-order valence-corrected chi connectivity index (χ0v) is 8.73. The maximum absolute atomic E-state index is 11.1. The Balaban J connectivity index is 2.65. The molecule has 1 unspecified atom stereocenters. The molecule has 1 rings (SSSR count). The number of primary amides is 1. The maximum atomic E-state index is 11.1. The summed E-state index contributed by atoms with van der Waals surface area (Å²) in [7, 11) is 0. The van der Waals surface area contributed by atoms with Crippen LogP contribution in [0.15, 0.2) is 24.3 Å². The number of nitrogens with one attached hydrogen (secondary N) is 1. The van der Waals surface area contributed by atoms with Crippen LogP contribution in [0.3, 0.4) is 0 Å². The van der Waals surface area contributed by atoms with Crippen molar-refractivity contribution in [1.82, 2.24) is 5.32 Å². The Morgan fingerprint density at radius 1 is 1.47 bits per heavy atom. The van der Waals surface area contributed by atoms with E-state index in [1.165, 1.54) is 0 Å². The summed E-state index contributed by atoms with van der Waals surface area (Å²) in [6, 6.07) is 6.41. The van der Waals surface area contributed by atoms with Gasteiger partial charge in [0.1, 0.15) is 5.75 Å². The number of nitrogens with two attached hydrogens (primary N) is 1. The summed E-state index contributed by atoms with van der Waals surface area (Å²) in [6.07, 6.45) is 0.545. The van der Waals surface area contributed by atoms with Crippen LogP contribution < -0.4 is 11.1 Å². The van der Waals surface area contributed by atoms with Crippen molar-refractivity contribution in [3.63, 3.8) is 0 Å². The monoisotopic (exact) mass is 208 g/mol. The standard InChI is InChI=1S/C11H16N2O2/c1-2-13-10(11(12)15)7-8-3-5-9(14)6-4-8/h3-6,10,13-14H,2,7H2,1H3,(H2,12,15). The zero-order chi connectivity index (χ0) is 11.3. The third kappa shape index (κ3) is 3.59. The average Bonchev–Trinajstić information content (AvgIpc) is 2.20. The molecular weight excluding hydrogens is 192 g/mol. The lowest BCUT2D eigenvalue weighted by Gasteiger charge is -2.13. The van der Waals surface area contributed by atoms with Crippen LogP contribution in [0.25, 0.3) is 0 Å². The van der Waals surface area contributed by atoms with E-state index in [-0.39, 0.29) is 17.7 Å². The smallest absolute Gasteiger partial charge is 0.234 e. The van der Waals surface area contributed by atoms with Crippen molar-refractivity contribution in [2.24, 2.45) is 5.73 Å². The van der Waals surface area contributed by atoms with Gasteiger partial charge in [-0.05, 0) is 30.7 Å². The second kappa shape index (κ2) is 5.36. The molecule has 82 valence electrons. The predicted octanol–water partition coefficient (Wildman–Crippen LogP) is 0.398. The van der Waals surface area contributed by atoms with E-state index in [0.717, 1.165) is 5.56 Å². The van der Waals surface area contributed by atoms with Gasteiger partial charge in [0.25, 0.3) is 0 Å². The van der Waals surface area contributed by atoms with Crippen molar-refractivity contribution in [2.75, 3.05) is 6.54 Å². The Morgan fingerprint density at radius 3 is 2.53 bits per heavy atom. The SMILES string of the molecule is CCNC(Cc1ccc(O)cc1)C(N)=O. The van der Waals surface area contributed by atoms with Gasteiger partial charge >= 0.3 is 0 Å². The number of rotatable bonds is 5. The van der Waals surface area contributed by atoms with Gasteiger partial charge in [0.15, 0.2) is 0 Å². The molecule has 1 atom stereocenters. The molecule has 0 aliphatic carbocycles. The van der Waals surface area contributed by atoms with Gasteiger partial charge in [0.2, 0.25) is 5.91 Å². The first-order valence-corrected chi connectivity index (χ1v) is 4.94. The van der Waals surface area contributed by atoms with Gasteiger partial charge in [-0.2, -0.15) is 0 Å². The van der Waals surface area contributed by atoms with Crippen LogP contribution in [-0.2, 0) is 11.2 Å². The second-order valence-electron chi connectivity index (χ2n) is 3.38. The van der Waals surface area contributed by atoms with E-state index < -0.39 is 0 Å². The molecule has 15 heavy (non-hydrogen) atoms. The highest BCUT2D eigenvalue weighted by atomic mass is 16.3. The molecule has 4 nitrogen and oxygen atoms in total. The van der Waals surface area contributed by atoms with E-state index in [0.29, 0.717) is 13.0 Å². The van der Waals surface area contributed by atoms with Crippen molar-refractivity contribution in [3.05, 3.63) is 29.8 Å². The minimum Gasteiger partial charge on any atom is -0.508 e. The van der Waals surface area contributed by atoms with Gasteiger partial charge in [-0.25, -0.2) is 0 Å². The number of benzene rings is 1. The Hall–Kier alpha value is -1.55. The van der Waals surface area contributed by atoms with E-state index in [4.69, 9.17) is 10.8 Å². The van der Waals surface area contributed by atoms with Gasteiger partial charge in [-0.1, -0.05) is 19.1 Å². The van der Waals surface area contributed by atoms with Crippen molar-refractivity contribution in [3.8, 4) is 5.75 Å². The lowest BCUT2D eigenvalue weighted by molar-refractivity contribution is -0.120. The number of likely N-dealkylation sites (N-methyl/N-ethyl adjacent to an activating group) is 1. The number of carbonyl (C=O) groups is 1. The summed E-state index contributed by atoms with van der Waals surface area (Å²) in [5, 5.41) is 12.1. The number of aromatic hydroxyl groups is 1. The molecule has 4 heteroatoms. The molecule has 4 N–H and O–H groups in total. The van der Waals surface area contributed by atoms with Gasteiger partial charge in [-0.3, -0.25) is 4.79 Å². The highest BCUT2D eigenvalue weighted by molar-refractivity contribution is 5.80. The van der Waals surface area contributed by atoms with Crippen LogP contribution in [0.2, 0.25) is 0 Å². The van der Waals surface area contributed by atoms with Crippen LogP contribution >= 0.6 is 0 Å². The van der Waals surface area contributed by atoms with E-state index >= 15 is 0 Å². The molecule has 0 aliphatic rings. The summed E-state index contributed by atoms with van der Waals surface area (Å²) in [6.45, 7) is 2.62. The van der Waals surface area contributed by atoms with Crippen LogP contribution in [0, 0.1) is 0 Å². The first-order valence-electron chi connectivity index (χ1n) is 4.94. The Bertz CT molecular complexity index is 322. The summed E-state index contributed by atoms with van der Waals surface area (Å²) in [4.78, 5) is 11.1. The van der Waals surface area contributed by atoms with Crippen LogP contribution in [0.1, 0.15) is 12.5 Å². The largest absolute Gasteiger partial charge is 0.508 e. The number of hydrogen-bond acceptors (Lipinski definition) is 3. The number of phenols is 1. The first-order chi connectivity index (χ1) is 7.13. The van der Waals surface area contributed by atoms with Gasteiger partial charge < -0.3 is 16.2 Å². The minimum absolute atomic E-state index is 0.220. The zero-order valence-electron chi connectivity index (χ0n) is 8.73. The van der Waals surface area contributed by atoms with Crippen molar-refractivity contribution < 1.29 is 9.90 Å². The molecule has 0 aromatic heterocycles. The number of hydrogen-bond donors (Lipinski definition) is 3. The number of amides is 1. The quantitative estimate of drug-likeness (QED) is 0.655. The predicted molar refractivity (Wildman–Crippen MR) is 58.5 cm³/mol. The Kier molecular flexibility index (Phi) is 4.12. The van der Waals surface area contributed by atoms with Crippen molar-refractivity contribution in [1.29, 1.82) is 0 Å². The van der Waals surface area contributed by atoms with Crippen molar-refractivity contribution >= 4 is 5.91 Å². The summed E-state index contributed by atoms with van der Waals surface area (Å²) in [5.41, 5.74) is 6.22. The molecule has 1 amide bonds. The van der Waals surface area contributed by atoms with Gasteiger partial charge in [0, 0.05) is 0 Å². The fourth-order valence-corrected chi connectivity index (χ4v) is 1.39. The van der Waals surface area contributed by atoms with E-state index in [1.807, 2.05) is 6.92 Å². The Morgan fingerprint density at radius 2 is 2.07 bits per heavy atom. The molecule has 0 bridgehead atoms. The topological polar surface area (TPSA) is 75.3 Å².